The van der Waals surface area contributed by atoms with Crippen LogP contribution in [0.2, 0.25) is 0 Å². The van der Waals surface area contributed by atoms with Gasteiger partial charge in [-0.3, -0.25) is 9.59 Å². The number of amides is 1. The van der Waals surface area contributed by atoms with Crippen molar-refractivity contribution < 1.29 is 38.5 Å². The Balaban J connectivity index is 4.45. The van der Waals surface area contributed by atoms with Gasteiger partial charge in [-0.25, -0.2) is 9.59 Å². The minimum absolute atomic E-state index is 0.227. The number of nitrogens with one attached hydrogen (secondary N) is 1. The highest BCUT2D eigenvalue weighted by molar-refractivity contribution is 6.25. The van der Waals surface area contributed by atoms with E-state index in [1.807, 2.05) is 5.32 Å². The SMILES string of the molecule is CC(OC(=O)NC(CCC(=O)C=[N+]=[N-])C(=O)O)OC(=O)C(C)C. The van der Waals surface area contributed by atoms with E-state index in [0.29, 0.717) is 6.21 Å². The molecule has 2 atom stereocenters. The zero-order chi connectivity index (χ0) is 18.0. The Hall–Kier alpha value is -2.74. The van der Waals surface area contributed by atoms with Gasteiger partial charge in [0.1, 0.15) is 6.04 Å². The maximum absolute atomic E-state index is 11.6. The van der Waals surface area contributed by atoms with Crippen molar-refractivity contribution in [3.63, 3.8) is 0 Å². The summed E-state index contributed by atoms with van der Waals surface area (Å²) in [6.07, 6.45) is -2.15. The molecule has 0 rings (SSSR count). The van der Waals surface area contributed by atoms with Crippen LogP contribution in [0.5, 0.6) is 0 Å². The standard InChI is InChI=1S/C13H19N3O7/c1-7(2)12(20)22-8(3)23-13(21)16-10(11(18)19)5-4-9(17)6-15-14/h6-8,10H,4-5H2,1-3H3,(H,16,21)(H,18,19). The van der Waals surface area contributed by atoms with E-state index in [1.165, 1.54) is 6.92 Å². The lowest BCUT2D eigenvalue weighted by atomic mass is 10.1. The summed E-state index contributed by atoms with van der Waals surface area (Å²) in [5.74, 6) is -2.96. The van der Waals surface area contributed by atoms with Gasteiger partial charge in [-0.1, -0.05) is 13.8 Å². The molecular weight excluding hydrogens is 310 g/mol. The number of carboxylic acids is 1. The van der Waals surface area contributed by atoms with Crippen LogP contribution in [0.15, 0.2) is 0 Å². The number of carboxylic acid groups (broad SMARTS) is 1. The molecular formula is C13H19N3O7. The Morgan fingerprint density at radius 1 is 1.22 bits per heavy atom. The molecule has 0 spiro atoms. The molecule has 0 saturated heterocycles. The molecule has 0 aliphatic rings. The summed E-state index contributed by atoms with van der Waals surface area (Å²) in [5, 5.41) is 11.0. The zero-order valence-electron chi connectivity index (χ0n) is 13.0. The van der Waals surface area contributed by atoms with Crippen LogP contribution in [0.3, 0.4) is 0 Å². The number of Topliss-reactive ketones (excluding diaryl/α,β-unsaturated/α-hetero) is 1. The van der Waals surface area contributed by atoms with Gasteiger partial charge in [0.15, 0.2) is 0 Å². The fourth-order valence-electron chi connectivity index (χ4n) is 1.32. The van der Waals surface area contributed by atoms with Crippen LogP contribution < -0.4 is 5.32 Å². The zero-order valence-corrected chi connectivity index (χ0v) is 13.0. The molecule has 0 aromatic heterocycles. The summed E-state index contributed by atoms with van der Waals surface area (Å²) in [5.41, 5.74) is 8.17. The highest BCUT2D eigenvalue weighted by atomic mass is 16.7. The van der Waals surface area contributed by atoms with E-state index < -0.39 is 42.1 Å². The van der Waals surface area contributed by atoms with Gasteiger partial charge in [-0.2, -0.15) is 4.79 Å². The average molecular weight is 329 g/mol. The van der Waals surface area contributed by atoms with Crippen molar-refractivity contribution in [1.29, 1.82) is 0 Å². The van der Waals surface area contributed by atoms with Crippen LogP contribution in [0.4, 0.5) is 4.79 Å². The minimum atomic E-state index is -1.38. The molecule has 0 aromatic carbocycles. The second-order valence-electron chi connectivity index (χ2n) is 4.85. The number of ether oxygens (including phenoxy) is 2. The first kappa shape index (κ1) is 20.3. The lowest BCUT2D eigenvalue weighted by Gasteiger charge is -2.18. The number of aliphatic carboxylic acids is 1. The van der Waals surface area contributed by atoms with Crippen molar-refractivity contribution in [2.75, 3.05) is 0 Å². The number of carbonyl (C=O) groups excluding carboxylic acids is 3. The number of ketones is 1. The lowest BCUT2D eigenvalue weighted by molar-refractivity contribution is -0.169. The predicted octanol–water partition coefficient (Wildman–Crippen LogP) is 0.361. The number of rotatable bonds is 9. The van der Waals surface area contributed by atoms with Gasteiger partial charge in [0.2, 0.25) is 12.1 Å². The van der Waals surface area contributed by atoms with Crippen LogP contribution in [-0.4, -0.2) is 52.3 Å². The van der Waals surface area contributed by atoms with E-state index in [2.05, 4.69) is 4.79 Å². The molecule has 1 amide bonds. The van der Waals surface area contributed by atoms with Crippen LogP contribution >= 0.6 is 0 Å². The minimum Gasteiger partial charge on any atom is -0.480 e. The summed E-state index contributed by atoms with van der Waals surface area (Å²) in [7, 11) is 0. The van der Waals surface area contributed by atoms with Gasteiger partial charge in [-0.05, 0) is 6.42 Å². The Kier molecular flexibility index (Phi) is 8.87. The number of alkyl carbamates (subject to hydrolysis) is 1. The average Bonchev–Trinajstić information content (AvgIpc) is 2.42. The maximum Gasteiger partial charge on any atom is 0.410 e. The summed E-state index contributed by atoms with van der Waals surface area (Å²) < 4.78 is 9.48. The molecule has 0 aliphatic heterocycles. The van der Waals surface area contributed by atoms with E-state index in [0.717, 1.165) is 0 Å². The molecule has 0 aliphatic carbocycles. The lowest BCUT2D eigenvalue weighted by Crippen LogP contribution is -2.42. The highest BCUT2D eigenvalue weighted by Crippen LogP contribution is 2.04. The van der Waals surface area contributed by atoms with Gasteiger partial charge in [0.05, 0.1) is 5.92 Å². The Morgan fingerprint density at radius 2 is 1.83 bits per heavy atom. The topological polar surface area (TPSA) is 155 Å². The van der Waals surface area contributed by atoms with E-state index in [4.69, 9.17) is 20.1 Å². The monoisotopic (exact) mass is 329 g/mol. The number of nitrogens with zero attached hydrogens (tertiary/aromatic N) is 2. The quantitative estimate of drug-likeness (QED) is 0.203. The normalized spacial score (nSPS) is 12.5. The number of esters is 1. The first-order chi connectivity index (χ1) is 10.7. The van der Waals surface area contributed by atoms with Crippen molar-refractivity contribution in [2.45, 2.75) is 45.9 Å². The number of hydrogen-bond acceptors (Lipinski definition) is 6. The van der Waals surface area contributed by atoms with Crippen LogP contribution in [0.1, 0.15) is 33.6 Å². The second-order valence-corrected chi connectivity index (χ2v) is 4.85. The van der Waals surface area contributed by atoms with Crippen LogP contribution in [0.25, 0.3) is 5.53 Å². The molecule has 0 saturated carbocycles. The van der Waals surface area contributed by atoms with Gasteiger partial charge < -0.3 is 25.4 Å². The first-order valence-electron chi connectivity index (χ1n) is 6.78. The van der Waals surface area contributed by atoms with Crippen molar-refractivity contribution in [3.8, 4) is 0 Å². The molecule has 10 nitrogen and oxygen atoms in total. The third kappa shape index (κ3) is 8.99. The van der Waals surface area contributed by atoms with Crippen molar-refractivity contribution >= 4 is 30.0 Å². The molecule has 2 N–H and O–H groups in total. The Bertz CT molecular complexity index is 512. The molecule has 128 valence electrons. The third-order valence-corrected chi connectivity index (χ3v) is 2.50. The molecule has 0 aromatic rings. The fourth-order valence-corrected chi connectivity index (χ4v) is 1.32. The fraction of sp³-hybridized carbons (Fsp3) is 0.615. The summed E-state index contributed by atoms with van der Waals surface area (Å²) in [6.45, 7) is 4.50. The summed E-state index contributed by atoms with van der Waals surface area (Å²) >= 11 is 0. The van der Waals surface area contributed by atoms with Crippen LogP contribution in [0, 0.1) is 5.92 Å². The van der Waals surface area contributed by atoms with Crippen molar-refractivity contribution in [1.82, 2.24) is 5.32 Å². The third-order valence-electron chi connectivity index (χ3n) is 2.50. The summed E-state index contributed by atoms with van der Waals surface area (Å²) in [6, 6.07) is -1.38. The number of carbonyl (C=O) groups is 4. The van der Waals surface area contributed by atoms with Gasteiger partial charge >= 0.3 is 24.2 Å². The maximum atomic E-state index is 11.6. The molecule has 0 radical (unpaired) electrons. The molecule has 0 fully saturated rings. The number of hydrogen-bond donors (Lipinski definition) is 2. The predicted molar refractivity (Wildman–Crippen MR) is 75.4 cm³/mol. The van der Waals surface area contributed by atoms with Crippen molar-refractivity contribution in [3.05, 3.63) is 5.53 Å². The molecule has 0 heterocycles. The van der Waals surface area contributed by atoms with E-state index >= 15 is 0 Å². The first-order valence-corrected chi connectivity index (χ1v) is 6.78. The van der Waals surface area contributed by atoms with Gasteiger partial charge in [0, 0.05) is 13.3 Å². The van der Waals surface area contributed by atoms with Crippen molar-refractivity contribution in [2.24, 2.45) is 5.92 Å². The van der Waals surface area contributed by atoms with Gasteiger partial charge in [0.25, 0.3) is 0 Å². The molecule has 0 bridgehead atoms. The van der Waals surface area contributed by atoms with E-state index in [9.17, 15) is 19.2 Å². The van der Waals surface area contributed by atoms with Crippen LogP contribution in [-0.2, 0) is 23.9 Å². The second kappa shape index (κ2) is 10.1. The van der Waals surface area contributed by atoms with E-state index in [-0.39, 0.29) is 12.8 Å². The molecule has 10 heteroatoms. The Labute approximate surface area is 132 Å². The largest absolute Gasteiger partial charge is 0.480 e. The smallest absolute Gasteiger partial charge is 0.410 e. The van der Waals surface area contributed by atoms with E-state index in [1.54, 1.807) is 13.8 Å². The van der Waals surface area contributed by atoms with Gasteiger partial charge in [-0.15, -0.1) is 0 Å². The molecule has 23 heavy (non-hydrogen) atoms. The highest BCUT2D eigenvalue weighted by Gasteiger charge is 2.24. The Morgan fingerprint density at radius 3 is 2.30 bits per heavy atom. The molecule has 2 unspecified atom stereocenters. The summed E-state index contributed by atoms with van der Waals surface area (Å²) in [4.78, 5) is 47.5.